The van der Waals surface area contributed by atoms with Crippen LogP contribution < -0.4 is 16.0 Å². The number of halogens is 1. The monoisotopic (exact) mass is 343 g/mol. The van der Waals surface area contributed by atoms with Gasteiger partial charge in [-0.05, 0) is 49.1 Å². The number of hydrogen-bond acceptors (Lipinski definition) is 3. The lowest BCUT2D eigenvalue weighted by Gasteiger charge is -2.33. The molecule has 0 atom stereocenters. The first-order valence-electron chi connectivity index (χ1n) is 8.25. The lowest BCUT2D eigenvalue weighted by molar-refractivity contribution is 0.102. The van der Waals surface area contributed by atoms with Crippen molar-refractivity contribution in [1.82, 2.24) is 0 Å². The molecule has 0 spiro atoms. The number of rotatable bonds is 3. The Morgan fingerprint density at radius 2 is 1.92 bits per heavy atom. The van der Waals surface area contributed by atoms with E-state index in [9.17, 15) is 4.79 Å². The molecule has 0 unspecified atom stereocenters. The molecule has 2 aromatic rings. The number of benzene rings is 2. The summed E-state index contributed by atoms with van der Waals surface area (Å²) < 4.78 is 0. The summed E-state index contributed by atoms with van der Waals surface area (Å²) in [5.74, 6) is 0.538. The number of hydrogen-bond donors (Lipinski definition) is 2. The average molecular weight is 344 g/mol. The largest absolute Gasteiger partial charge is 0.397 e. The van der Waals surface area contributed by atoms with Crippen molar-refractivity contribution < 1.29 is 4.79 Å². The van der Waals surface area contributed by atoms with E-state index in [2.05, 4.69) is 17.1 Å². The van der Waals surface area contributed by atoms with Gasteiger partial charge in [0.2, 0.25) is 0 Å². The number of nitrogens with two attached hydrogens (primary N) is 1. The normalized spacial score (nSPS) is 15.3. The Morgan fingerprint density at radius 3 is 2.58 bits per heavy atom. The molecule has 1 aliphatic heterocycles. The van der Waals surface area contributed by atoms with Crippen molar-refractivity contribution in [2.24, 2.45) is 5.92 Å². The molecule has 1 aliphatic rings. The third-order valence-electron chi connectivity index (χ3n) is 4.53. The standard InChI is InChI=1S/C19H22ClN3O/c1-13-8-10-23(11-9-13)18-7-6-14(12-17(18)21)22-19(24)15-4-2-3-5-16(15)20/h2-7,12-13H,8-11,21H2,1H3,(H,22,24). The molecule has 0 bridgehead atoms. The highest BCUT2D eigenvalue weighted by molar-refractivity contribution is 6.34. The molecule has 3 rings (SSSR count). The van der Waals surface area contributed by atoms with E-state index < -0.39 is 0 Å². The maximum Gasteiger partial charge on any atom is 0.257 e. The molecule has 5 heteroatoms. The molecule has 0 saturated carbocycles. The van der Waals surface area contributed by atoms with E-state index in [1.807, 2.05) is 18.2 Å². The average Bonchev–Trinajstić information content (AvgIpc) is 2.56. The van der Waals surface area contributed by atoms with Crippen LogP contribution in [-0.4, -0.2) is 19.0 Å². The van der Waals surface area contributed by atoms with Gasteiger partial charge in [-0.1, -0.05) is 30.7 Å². The molecule has 1 heterocycles. The highest BCUT2D eigenvalue weighted by Gasteiger charge is 2.18. The summed E-state index contributed by atoms with van der Waals surface area (Å²) in [6.07, 6.45) is 2.37. The predicted molar refractivity (Wildman–Crippen MR) is 101 cm³/mol. The zero-order valence-corrected chi connectivity index (χ0v) is 14.5. The zero-order chi connectivity index (χ0) is 17.1. The summed E-state index contributed by atoms with van der Waals surface area (Å²) in [6, 6.07) is 12.7. The minimum absolute atomic E-state index is 0.237. The molecule has 24 heavy (non-hydrogen) atoms. The van der Waals surface area contributed by atoms with E-state index in [1.54, 1.807) is 24.3 Å². The van der Waals surface area contributed by atoms with E-state index in [1.165, 1.54) is 12.8 Å². The number of amides is 1. The summed E-state index contributed by atoms with van der Waals surface area (Å²) in [4.78, 5) is 14.6. The summed E-state index contributed by atoms with van der Waals surface area (Å²) in [6.45, 7) is 4.33. The van der Waals surface area contributed by atoms with Gasteiger partial charge in [0.15, 0.2) is 0 Å². The fourth-order valence-electron chi connectivity index (χ4n) is 3.01. The number of nitrogens with zero attached hydrogens (tertiary/aromatic N) is 1. The smallest absolute Gasteiger partial charge is 0.257 e. The molecule has 1 saturated heterocycles. The molecule has 2 aromatic carbocycles. The van der Waals surface area contributed by atoms with Gasteiger partial charge in [0.1, 0.15) is 0 Å². The number of nitrogens with one attached hydrogen (secondary N) is 1. The maximum atomic E-state index is 12.3. The second kappa shape index (κ2) is 7.14. The highest BCUT2D eigenvalue weighted by Crippen LogP contribution is 2.30. The molecule has 0 aliphatic carbocycles. The van der Waals surface area contributed by atoms with Crippen LogP contribution in [0.4, 0.5) is 17.1 Å². The van der Waals surface area contributed by atoms with Crippen LogP contribution in [0.15, 0.2) is 42.5 Å². The van der Waals surface area contributed by atoms with Crippen LogP contribution in [0.25, 0.3) is 0 Å². The SMILES string of the molecule is CC1CCN(c2ccc(NC(=O)c3ccccc3Cl)cc2N)CC1. The predicted octanol–water partition coefficient (Wildman–Crippen LogP) is 4.41. The summed E-state index contributed by atoms with van der Waals surface area (Å²) in [5.41, 5.74) is 9.06. The van der Waals surface area contributed by atoms with Gasteiger partial charge >= 0.3 is 0 Å². The Balaban J connectivity index is 1.73. The van der Waals surface area contributed by atoms with Gasteiger partial charge in [0.05, 0.1) is 22.0 Å². The minimum atomic E-state index is -0.237. The highest BCUT2D eigenvalue weighted by atomic mass is 35.5. The van der Waals surface area contributed by atoms with Crippen molar-refractivity contribution in [1.29, 1.82) is 0 Å². The Morgan fingerprint density at radius 1 is 1.21 bits per heavy atom. The van der Waals surface area contributed by atoms with Crippen molar-refractivity contribution in [3.63, 3.8) is 0 Å². The summed E-state index contributed by atoms with van der Waals surface area (Å²) in [5, 5.41) is 3.29. The van der Waals surface area contributed by atoms with E-state index in [0.717, 1.165) is 24.7 Å². The van der Waals surface area contributed by atoms with E-state index in [4.69, 9.17) is 17.3 Å². The van der Waals surface area contributed by atoms with Gasteiger partial charge in [0.25, 0.3) is 5.91 Å². The molecule has 126 valence electrons. The summed E-state index contributed by atoms with van der Waals surface area (Å²) in [7, 11) is 0. The van der Waals surface area contributed by atoms with Crippen molar-refractivity contribution in [2.75, 3.05) is 29.0 Å². The van der Waals surface area contributed by atoms with Crippen LogP contribution >= 0.6 is 11.6 Å². The minimum Gasteiger partial charge on any atom is -0.397 e. The second-order valence-electron chi connectivity index (χ2n) is 6.38. The Kier molecular flexibility index (Phi) is 4.95. The molecular weight excluding hydrogens is 322 g/mol. The van der Waals surface area contributed by atoms with Crippen LogP contribution in [0.5, 0.6) is 0 Å². The van der Waals surface area contributed by atoms with E-state index >= 15 is 0 Å². The number of piperidine rings is 1. The fourth-order valence-corrected chi connectivity index (χ4v) is 3.24. The first-order chi connectivity index (χ1) is 11.5. The molecule has 1 fully saturated rings. The number of carbonyl (C=O) groups is 1. The van der Waals surface area contributed by atoms with E-state index in [0.29, 0.717) is 22.0 Å². The Bertz CT molecular complexity index is 739. The van der Waals surface area contributed by atoms with Crippen LogP contribution in [0.3, 0.4) is 0 Å². The molecule has 0 radical (unpaired) electrons. The Labute approximate surface area is 147 Å². The van der Waals surface area contributed by atoms with Gasteiger partial charge in [0, 0.05) is 18.8 Å². The molecule has 3 N–H and O–H groups in total. The molecule has 4 nitrogen and oxygen atoms in total. The number of carbonyl (C=O) groups excluding carboxylic acids is 1. The third kappa shape index (κ3) is 3.65. The first kappa shape index (κ1) is 16.7. The fraction of sp³-hybridized carbons (Fsp3) is 0.316. The van der Waals surface area contributed by atoms with Crippen LogP contribution in [-0.2, 0) is 0 Å². The molecule has 1 amide bonds. The second-order valence-corrected chi connectivity index (χ2v) is 6.78. The van der Waals surface area contributed by atoms with Gasteiger partial charge in [-0.3, -0.25) is 4.79 Å². The van der Waals surface area contributed by atoms with Crippen molar-refractivity contribution in [3.8, 4) is 0 Å². The lowest BCUT2D eigenvalue weighted by atomic mass is 9.98. The van der Waals surface area contributed by atoms with Gasteiger partial charge in [-0.25, -0.2) is 0 Å². The van der Waals surface area contributed by atoms with Crippen molar-refractivity contribution in [3.05, 3.63) is 53.1 Å². The quantitative estimate of drug-likeness (QED) is 0.811. The Hall–Kier alpha value is -2.20. The van der Waals surface area contributed by atoms with Crippen LogP contribution in [0.2, 0.25) is 5.02 Å². The van der Waals surface area contributed by atoms with Gasteiger partial charge in [-0.15, -0.1) is 0 Å². The topological polar surface area (TPSA) is 58.4 Å². The maximum absolute atomic E-state index is 12.3. The van der Waals surface area contributed by atoms with Crippen LogP contribution in [0.1, 0.15) is 30.1 Å². The number of anilines is 3. The number of nitrogen functional groups attached to an aromatic ring is 1. The zero-order valence-electron chi connectivity index (χ0n) is 13.8. The van der Waals surface area contributed by atoms with Gasteiger partial charge in [-0.2, -0.15) is 0 Å². The van der Waals surface area contributed by atoms with Crippen molar-refractivity contribution in [2.45, 2.75) is 19.8 Å². The first-order valence-corrected chi connectivity index (χ1v) is 8.63. The van der Waals surface area contributed by atoms with Gasteiger partial charge < -0.3 is 16.0 Å². The van der Waals surface area contributed by atoms with Crippen molar-refractivity contribution >= 4 is 34.6 Å². The van der Waals surface area contributed by atoms with E-state index in [-0.39, 0.29) is 5.91 Å². The lowest BCUT2D eigenvalue weighted by Crippen LogP contribution is -2.33. The molecular formula is C19H22ClN3O. The van der Waals surface area contributed by atoms with Crippen LogP contribution in [0, 0.1) is 5.92 Å². The molecule has 0 aromatic heterocycles. The third-order valence-corrected chi connectivity index (χ3v) is 4.86. The summed E-state index contributed by atoms with van der Waals surface area (Å²) >= 11 is 6.06.